The normalized spacial score (nSPS) is 19.8. The number of amides is 1. The second-order valence-corrected chi connectivity index (χ2v) is 5.24. The van der Waals surface area contributed by atoms with Gasteiger partial charge in [0.25, 0.3) is 5.91 Å². The van der Waals surface area contributed by atoms with Crippen LogP contribution in [0, 0.1) is 6.92 Å². The van der Waals surface area contributed by atoms with Gasteiger partial charge < -0.3 is 15.0 Å². The number of piperidine rings is 1. The number of aryl methyl sites for hydroxylation is 1. The molecule has 2 aliphatic rings. The Hall–Kier alpha value is -1.81. The number of carbonyl (C=O) groups is 1. The molecular weight excluding hydrogens is 240 g/mol. The summed E-state index contributed by atoms with van der Waals surface area (Å²) in [4.78, 5) is 14.4. The SMILES string of the molecule is Cc1cccc2c1NC(=O)C(=C1CCN(C)CC1)O2. The maximum absolute atomic E-state index is 12.2. The molecule has 0 unspecified atom stereocenters. The van der Waals surface area contributed by atoms with Gasteiger partial charge in [0, 0.05) is 13.1 Å². The van der Waals surface area contributed by atoms with Crippen molar-refractivity contribution < 1.29 is 9.53 Å². The molecule has 1 saturated heterocycles. The van der Waals surface area contributed by atoms with E-state index >= 15 is 0 Å². The highest BCUT2D eigenvalue weighted by molar-refractivity contribution is 6.06. The Morgan fingerprint density at radius 2 is 2.00 bits per heavy atom. The quantitative estimate of drug-likeness (QED) is 0.726. The molecule has 3 rings (SSSR count). The number of hydrogen-bond acceptors (Lipinski definition) is 3. The Morgan fingerprint density at radius 1 is 1.26 bits per heavy atom. The highest BCUT2D eigenvalue weighted by Crippen LogP contribution is 2.35. The van der Waals surface area contributed by atoms with Gasteiger partial charge in [-0.2, -0.15) is 0 Å². The minimum absolute atomic E-state index is 0.110. The molecule has 1 amide bonds. The molecule has 100 valence electrons. The van der Waals surface area contributed by atoms with E-state index in [0.717, 1.165) is 48.5 Å². The number of fused-ring (bicyclic) bond motifs is 1. The highest BCUT2D eigenvalue weighted by Gasteiger charge is 2.27. The molecule has 0 aliphatic carbocycles. The van der Waals surface area contributed by atoms with Crippen molar-refractivity contribution in [2.45, 2.75) is 19.8 Å². The Kier molecular flexibility index (Phi) is 3.03. The van der Waals surface area contributed by atoms with Gasteiger partial charge in [0.2, 0.25) is 0 Å². The lowest BCUT2D eigenvalue weighted by Crippen LogP contribution is -2.31. The summed E-state index contributed by atoms with van der Waals surface area (Å²) in [6.07, 6.45) is 1.81. The molecule has 0 aromatic heterocycles. The van der Waals surface area contributed by atoms with E-state index in [4.69, 9.17) is 4.74 Å². The van der Waals surface area contributed by atoms with Gasteiger partial charge >= 0.3 is 0 Å². The van der Waals surface area contributed by atoms with Gasteiger partial charge in [-0.3, -0.25) is 4.79 Å². The second-order valence-electron chi connectivity index (χ2n) is 5.24. The van der Waals surface area contributed by atoms with Gasteiger partial charge in [-0.05, 0) is 44.0 Å². The molecule has 19 heavy (non-hydrogen) atoms. The van der Waals surface area contributed by atoms with Crippen LogP contribution in [0.4, 0.5) is 5.69 Å². The Morgan fingerprint density at radius 3 is 2.74 bits per heavy atom. The molecule has 1 aromatic rings. The van der Waals surface area contributed by atoms with Crippen molar-refractivity contribution in [2.24, 2.45) is 0 Å². The average Bonchev–Trinajstić information content (AvgIpc) is 2.40. The highest BCUT2D eigenvalue weighted by atomic mass is 16.5. The zero-order valence-corrected chi connectivity index (χ0v) is 11.3. The summed E-state index contributed by atoms with van der Waals surface area (Å²) in [5.41, 5.74) is 2.95. The Balaban J connectivity index is 1.94. The summed E-state index contributed by atoms with van der Waals surface area (Å²) in [5, 5.41) is 2.95. The van der Waals surface area contributed by atoms with Crippen LogP contribution in [0.2, 0.25) is 0 Å². The van der Waals surface area contributed by atoms with Gasteiger partial charge in [0.15, 0.2) is 11.5 Å². The zero-order valence-electron chi connectivity index (χ0n) is 11.3. The number of likely N-dealkylation sites (tertiary alicyclic amines) is 1. The van der Waals surface area contributed by atoms with Gasteiger partial charge in [-0.25, -0.2) is 0 Å². The van der Waals surface area contributed by atoms with E-state index in [2.05, 4.69) is 17.3 Å². The van der Waals surface area contributed by atoms with Crippen LogP contribution in [0.1, 0.15) is 18.4 Å². The fourth-order valence-corrected chi connectivity index (χ4v) is 2.56. The number of hydrogen-bond donors (Lipinski definition) is 1. The number of anilines is 1. The van der Waals surface area contributed by atoms with E-state index in [0.29, 0.717) is 5.76 Å². The molecule has 4 nitrogen and oxygen atoms in total. The van der Waals surface area contributed by atoms with Crippen LogP contribution >= 0.6 is 0 Å². The van der Waals surface area contributed by atoms with Crippen molar-refractivity contribution in [3.05, 3.63) is 35.1 Å². The number of nitrogens with one attached hydrogen (secondary N) is 1. The zero-order chi connectivity index (χ0) is 13.4. The lowest BCUT2D eigenvalue weighted by atomic mass is 10.0. The summed E-state index contributed by atoms with van der Waals surface area (Å²) < 4.78 is 5.85. The summed E-state index contributed by atoms with van der Waals surface area (Å²) in [5.74, 6) is 1.15. The fraction of sp³-hybridized carbons (Fsp3) is 0.400. The Bertz CT molecular complexity index is 553. The minimum Gasteiger partial charge on any atom is -0.449 e. The van der Waals surface area contributed by atoms with Crippen LogP contribution in [0.3, 0.4) is 0 Å². The van der Waals surface area contributed by atoms with Crippen LogP contribution in [0.25, 0.3) is 0 Å². The molecule has 0 radical (unpaired) electrons. The second kappa shape index (κ2) is 4.70. The van der Waals surface area contributed by atoms with Crippen molar-refractivity contribution in [3.8, 4) is 5.75 Å². The van der Waals surface area contributed by atoms with E-state index in [1.54, 1.807) is 0 Å². The van der Waals surface area contributed by atoms with Crippen LogP contribution in [-0.4, -0.2) is 30.9 Å². The van der Waals surface area contributed by atoms with Crippen LogP contribution in [-0.2, 0) is 4.79 Å². The van der Waals surface area contributed by atoms with E-state index in [9.17, 15) is 4.79 Å². The summed E-state index contributed by atoms with van der Waals surface area (Å²) >= 11 is 0. The smallest absolute Gasteiger partial charge is 0.291 e. The summed E-state index contributed by atoms with van der Waals surface area (Å²) in [7, 11) is 2.10. The molecule has 0 saturated carbocycles. The van der Waals surface area contributed by atoms with E-state index in [-0.39, 0.29) is 5.91 Å². The molecular formula is C15H18N2O2. The summed E-state index contributed by atoms with van der Waals surface area (Å²) in [6, 6.07) is 5.82. The molecule has 0 spiro atoms. The van der Waals surface area contributed by atoms with Crippen molar-refractivity contribution in [1.82, 2.24) is 4.90 Å². The predicted molar refractivity (Wildman–Crippen MR) is 74.2 cm³/mol. The average molecular weight is 258 g/mol. The van der Waals surface area contributed by atoms with E-state index in [1.807, 2.05) is 25.1 Å². The Labute approximate surface area is 113 Å². The van der Waals surface area contributed by atoms with Crippen LogP contribution in [0.15, 0.2) is 29.5 Å². The number of benzene rings is 1. The fourth-order valence-electron chi connectivity index (χ4n) is 2.56. The van der Waals surface area contributed by atoms with E-state index in [1.165, 1.54) is 0 Å². The number of carbonyl (C=O) groups excluding carboxylic acids is 1. The predicted octanol–water partition coefficient (Wildman–Crippen LogP) is 2.31. The van der Waals surface area contributed by atoms with Gasteiger partial charge in [0.05, 0.1) is 5.69 Å². The third-order valence-corrected chi connectivity index (χ3v) is 3.80. The molecule has 1 fully saturated rings. The molecule has 0 atom stereocenters. The topological polar surface area (TPSA) is 41.6 Å². The molecule has 0 bridgehead atoms. The van der Waals surface area contributed by atoms with Crippen LogP contribution in [0.5, 0.6) is 5.75 Å². The first-order valence-electron chi connectivity index (χ1n) is 6.64. The molecule has 4 heteroatoms. The molecule has 1 aromatic carbocycles. The summed E-state index contributed by atoms with van der Waals surface area (Å²) in [6.45, 7) is 3.93. The number of rotatable bonds is 0. The van der Waals surface area contributed by atoms with Crippen LogP contribution < -0.4 is 10.1 Å². The maximum Gasteiger partial charge on any atom is 0.291 e. The third-order valence-electron chi connectivity index (χ3n) is 3.80. The standard InChI is InChI=1S/C15H18N2O2/c1-10-4-3-5-12-13(10)16-15(18)14(19-12)11-6-8-17(2)9-7-11/h3-5H,6-9H2,1-2H3,(H,16,18). The molecule has 1 N–H and O–H groups in total. The molecule has 2 heterocycles. The minimum atomic E-state index is -0.110. The van der Waals surface area contributed by atoms with Crippen molar-refractivity contribution in [3.63, 3.8) is 0 Å². The first kappa shape index (κ1) is 12.2. The van der Waals surface area contributed by atoms with E-state index < -0.39 is 0 Å². The lowest BCUT2D eigenvalue weighted by molar-refractivity contribution is -0.115. The largest absolute Gasteiger partial charge is 0.449 e. The number of nitrogens with zero attached hydrogens (tertiary/aromatic N) is 1. The monoisotopic (exact) mass is 258 g/mol. The van der Waals surface area contributed by atoms with Gasteiger partial charge in [0.1, 0.15) is 0 Å². The lowest BCUT2D eigenvalue weighted by Gasteiger charge is -2.28. The van der Waals surface area contributed by atoms with Crippen molar-refractivity contribution >= 4 is 11.6 Å². The molecule has 2 aliphatic heterocycles. The van der Waals surface area contributed by atoms with Gasteiger partial charge in [-0.15, -0.1) is 0 Å². The first-order chi connectivity index (χ1) is 9.15. The van der Waals surface area contributed by atoms with Crippen molar-refractivity contribution in [1.29, 1.82) is 0 Å². The first-order valence-corrected chi connectivity index (χ1v) is 6.64. The van der Waals surface area contributed by atoms with Gasteiger partial charge in [-0.1, -0.05) is 12.1 Å². The van der Waals surface area contributed by atoms with Crippen molar-refractivity contribution in [2.75, 3.05) is 25.5 Å². The number of ether oxygens (including phenoxy) is 1. The number of para-hydroxylation sites is 1. The maximum atomic E-state index is 12.2. The third kappa shape index (κ3) is 2.24.